The highest BCUT2D eigenvalue weighted by atomic mass is 35.5. The van der Waals surface area contributed by atoms with Gasteiger partial charge in [-0.05, 0) is 49.9 Å². The number of unbranched alkanes of at least 4 members (excludes halogenated alkanes) is 11. The van der Waals surface area contributed by atoms with E-state index in [0.717, 1.165) is 24.8 Å². The second-order valence-electron chi connectivity index (χ2n) is 9.11. The third-order valence-corrected chi connectivity index (χ3v) is 6.98. The van der Waals surface area contributed by atoms with Crippen LogP contribution in [0.25, 0.3) is 0 Å². The maximum absolute atomic E-state index is 12.9. The first kappa shape index (κ1) is 29.5. The summed E-state index contributed by atoms with van der Waals surface area (Å²) in [6.07, 6.45) is 15.7. The van der Waals surface area contributed by atoms with Gasteiger partial charge in [0.05, 0.1) is 6.61 Å². The lowest BCUT2D eigenvalue weighted by Crippen LogP contribution is -2.42. The molecule has 0 aliphatic rings. The molecule has 4 nitrogen and oxygen atoms in total. The number of benzene rings is 1. The van der Waals surface area contributed by atoms with Crippen molar-refractivity contribution in [1.29, 1.82) is 0 Å². The molecule has 0 spiro atoms. The van der Waals surface area contributed by atoms with Gasteiger partial charge in [-0.15, -0.1) is 0 Å². The lowest BCUT2D eigenvalue weighted by Gasteiger charge is -2.26. The minimum Gasteiger partial charge on any atom is -0.465 e. The van der Waals surface area contributed by atoms with Crippen LogP contribution in [0.1, 0.15) is 116 Å². The van der Waals surface area contributed by atoms with Gasteiger partial charge in [-0.3, -0.25) is 9.59 Å². The Balaban J connectivity index is 2.31. The number of hydrogen-bond acceptors (Lipinski definition) is 4. The van der Waals surface area contributed by atoms with E-state index < -0.39 is 17.4 Å². The fourth-order valence-electron chi connectivity index (χ4n) is 4.04. The van der Waals surface area contributed by atoms with Gasteiger partial charge < -0.3 is 9.47 Å². The van der Waals surface area contributed by atoms with Crippen LogP contribution in [0.4, 0.5) is 0 Å². The van der Waals surface area contributed by atoms with E-state index in [2.05, 4.69) is 6.92 Å². The zero-order valence-electron chi connectivity index (χ0n) is 21.3. The topological polar surface area (TPSA) is 52.6 Å². The van der Waals surface area contributed by atoms with Crippen molar-refractivity contribution in [3.63, 3.8) is 0 Å². The second kappa shape index (κ2) is 17.0. The molecule has 0 amide bonds. The molecule has 1 aromatic carbocycles. The van der Waals surface area contributed by atoms with E-state index in [0.29, 0.717) is 30.2 Å². The minimum atomic E-state index is -1.27. The van der Waals surface area contributed by atoms with E-state index in [-0.39, 0.29) is 0 Å². The number of ether oxygens (including phenoxy) is 2. The quantitative estimate of drug-likeness (QED) is 0.0912. The van der Waals surface area contributed by atoms with Gasteiger partial charge in [-0.2, -0.15) is 0 Å². The molecular weight excluding hydrogens is 436 g/mol. The summed E-state index contributed by atoms with van der Waals surface area (Å²) in [5.41, 5.74) is -0.458. The van der Waals surface area contributed by atoms with Crippen LogP contribution in [0.5, 0.6) is 5.75 Å². The molecule has 0 unspecified atom stereocenters. The Kier molecular flexibility index (Phi) is 15.2. The van der Waals surface area contributed by atoms with Crippen molar-refractivity contribution in [2.24, 2.45) is 5.41 Å². The van der Waals surface area contributed by atoms with Crippen molar-refractivity contribution in [2.75, 3.05) is 6.61 Å². The van der Waals surface area contributed by atoms with E-state index in [1.807, 2.05) is 20.8 Å². The summed E-state index contributed by atoms with van der Waals surface area (Å²) >= 11 is 6.04. The van der Waals surface area contributed by atoms with E-state index in [9.17, 15) is 9.59 Å². The zero-order valence-corrected chi connectivity index (χ0v) is 22.1. The van der Waals surface area contributed by atoms with E-state index in [1.54, 1.807) is 18.2 Å². The van der Waals surface area contributed by atoms with Crippen molar-refractivity contribution < 1.29 is 19.1 Å². The number of rotatable bonds is 18. The molecule has 0 bridgehead atoms. The van der Waals surface area contributed by atoms with Crippen LogP contribution in [0.3, 0.4) is 0 Å². The predicted molar refractivity (Wildman–Crippen MR) is 137 cm³/mol. The SMILES string of the molecule is CCCCCCCCCCCCCCOC(=O)C(CC)(CC)C(=O)Oc1ccc(Cl)c(C)c1. The Morgan fingerprint density at radius 3 is 1.79 bits per heavy atom. The largest absolute Gasteiger partial charge is 0.465 e. The van der Waals surface area contributed by atoms with Gasteiger partial charge in [-0.1, -0.05) is 103 Å². The summed E-state index contributed by atoms with van der Waals surface area (Å²) in [7, 11) is 0. The summed E-state index contributed by atoms with van der Waals surface area (Å²) in [5.74, 6) is -0.651. The molecule has 0 radical (unpaired) electrons. The normalized spacial score (nSPS) is 11.4. The molecular formula is C28H45ClO4. The highest BCUT2D eigenvalue weighted by Gasteiger charge is 2.46. The van der Waals surface area contributed by atoms with Gasteiger partial charge in [0.2, 0.25) is 0 Å². The molecule has 0 saturated carbocycles. The molecule has 188 valence electrons. The number of hydrogen-bond donors (Lipinski definition) is 0. The first-order valence-electron chi connectivity index (χ1n) is 13.1. The second-order valence-corrected chi connectivity index (χ2v) is 9.52. The lowest BCUT2D eigenvalue weighted by molar-refractivity contribution is -0.168. The summed E-state index contributed by atoms with van der Waals surface area (Å²) in [5, 5.41) is 0.605. The van der Waals surface area contributed by atoms with Crippen LogP contribution in [0.2, 0.25) is 5.02 Å². The number of carbonyl (C=O) groups is 2. The monoisotopic (exact) mass is 480 g/mol. The van der Waals surface area contributed by atoms with Gasteiger partial charge in [0.1, 0.15) is 5.75 Å². The number of halogens is 1. The van der Waals surface area contributed by atoms with Crippen LogP contribution in [0.15, 0.2) is 18.2 Å². The molecule has 0 saturated heterocycles. The van der Waals surface area contributed by atoms with Gasteiger partial charge in [0.15, 0.2) is 5.41 Å². The van der Waals surface area contributed by atoms with Gasteiger partial charge >= 0.3 is 11.9 Å². The highest BCUT2D eigenvalue weighted by molar-refractivity contribution is 6.31. The van der Waals surface area contributed by atoms with Crippen molar-refractivity contribution >= 4 is 23.5 Å². The molecule has 0 fully saturated rings. The molecule has 1 aromatic rings. The standard InChI is InChI=1S/C28H45ClO4/c1-5-8-9-10-11-12-13-14-15-16-17-18-21-32-26(30)28(6-2,7-3)27(31)33-24-19-20-25(29)23(4)22-24/h19-20,22H,5-18,21H2,1-4H3. The summed E-state index contributed by atoms with van der Waals surface area (Å²) in [6, 6.07) is 5.03. The lowest BCUT2D eigenvalue weighted by atomic mass is 9.82. The molecule has 0 aliphatic carbocycles. The number of carbonyl (C=O) groups excluding carboxylic acids is 2. The van der Waals surface area contributed by atoms with E-state index >= 15 is 0 Å². The molecule has 33 heavy (non-hydrogen) atoms. The Morgan fingerprint density at radius 1 is 0.788 bits per heavy atom. The Bertz CT molecular complexity index is 697. The molecule has 0 N–H and O–H groups in total. The van der Waals surface area contributed by atoms with Crippen LogP contribution in [-0.2, 0) is 14.3 Å². The Hall–Kier alpha value is -1.55. The van der Waals surface area contributed by atoms with E-state index in [1.165, 1.54) is 57.8 Å². The van der Waals surface area contributed by atoms with Crippen LogP contribution >= 0.6 is 11.6 Å². The van der Waals surface area contributed by atoms with Gasteiger partial charge in [-0.25, -0.2) is 0 Å². The predicted octanol–water partition coefficient (Wildman–Crippen LogP) is 8.60. The average Bonchev–Trinajstić information content (AvgIpc) is 2.80. The summed E-state index contributed by atoms with van der Waals surface area (Å²) in [4.78, 5) is 25.7. The van der Waals surface area contributed by atoms with Gasteiger partial charge in [0.25, 0.3) is 0 Å². The Morgan fingerprint density at radius 2 is 1.30 bits per heavy atom. The van der Waals surface area contributed by atoms with Crippen LogP contribution < -0.4 is 4.74 Å². The number of esters is 2. The third kappa shape index (κ3) is 10.5. The smallest absolute Gasteiger partial charge is 0.328 e. The van der Waals surface area contributed by atoms with Crippen molar-refractivity contribution in [2.45, 2.75) is 118 Å². The molecule has 0 aliphatic heterocycles. The molecule has 0 atom stereocenters. The number of aryl methyl sites for hydroxylation is 1. The van der Waals surface area contributed by atoms with Crippen LogP contribution in [0, 0.1) is 12.3 Å². The van der Waals surface area contributed by atoms with Crippen molar-refractivity contribution in [3.05, 3.63) is 28.8 Å². The average molecular weight is 481 g/mol. The zero-order chi connectivity index (χ0) is 24.5. The molecule has 0 heterocycles. The third-order valence-electron chi connectivity index (χ3n) is 6.56. The maximum atomic E-state index is 12.9. The summed E-state index contributed by atoms with van der Waals surface area (Å²) in [6.45, 7) is 8.09. The summed E-state index contributed by atoms with van der Waals surface area (Å²) < 4.78 is 11.1. The first-order chi connectivity index (χ1) is 15.9. The highest BCUT2D eigenvalue weighted by Crippen LogP contribution is 2.32. The maximum Gasteiger partial charge on any atom is 0.328 e. The Labute approximate surface area is 206 Å². The van der Waals surface area contributed by atoms with Crippen molar-refractivity contribution in [1.82, 2.24) is 0 Å². The fraction of sp³-hybridized carbons (Fsp3) is 0.714. The van der Waals surface area contributed by atoms with Crippen molar-refractivity contribution in [3.8, 4) is 5.75 Å². The molecule has 1 rings (SSSR count). The molecule has 0 aromatic heterocycles. The first-order valence-corrected chi connectivity index (χ1v) is 13.4. The fourth-order valence-corrected chi connectivity index (χ4v) is 4.16. The van der Waals surface area contributed by atoms with Crippen LogP contribution in [-0.4, -0.2) is 18.5 Å². The van der Waals surface area contributed by atoms with E-state index in [4.69, 9.17) is 21.1 Å². The van der Waals surface area contributed by atoms with Gasteiger partial charge in [0, 0.05) is 5.02 Å². The molecule has 5 heteroatoms. The minimum absolute atomic E-state index is 0.339.